The van der Waals surface area contributed by atoms with Crippen molar-refractivity contribution in [3.63, 3.8) is 0 Å². The summed E-state index contributed by atoms with van der Waals surface area (Å²) in [5.74, 6) is 2.32. The Morgan fingerprint density at radius 3 is 2.67 bits per heavy atom. The number of pyridine rings is 2. The summed E-state index contributed by atoms with van der Waals surface area (Å²) in [5, 5.41) is 17.7. The first-order chi connectivity index (χ1) is 14.8. The molecule has 3 aromatic rings. The minimum Gasteiger partial charge on any atom is -0.354 e. The average Bonchev–Trinajstić information content (AvgIpc) is 3.19. The molecule has 6 nitrogen and oxygen atoms in total. The summed E-state index contributed by atoms with van der Waals surface area (Å²) in [5.41, 5.74) is 2.17. The van der Waals surface area contributed by atoms with Crippen LogP contribution in [0.3, 0.4) is 0 Å². The van der Waals surface area contributed by atoms with Gasteiger partial charge in [0.1, 0.15) is 22.6 Å². The summed E-state index contributed by atoms with van der Waals surface area (Å²) in [6.45, 7) is 3.98. The van der Waals surface area contributed by atoms with Crippen LogP contribution in [0.5, 0.6) is 0 Å². The van der Waals surface area contributed by atoms with Crippen molar-refractivity contribution < 1.29 is 0 Å². The highest BCUT2D eigenvalue weighted by Gasteiger charge is 2.23. The Kier molecular flexibility index (Phi) is 5.52. The highest BCUT2D eigenvalue weighted by atomic mass is 32.1. The van der Waals surface area contributed by atoms with Gasteiger partial charge in [-0.05, 0) is 42.5 Å². The van der Waals surface area contributed by atoms with Gasteiger partial charge in [-0.1, -0.05) is 19.3 Å². The van der Waals surface area contributed by atoms with Gasteiger partial charge in [-0.3, -0.25) is 0 Å². The molecule has 0 radical (unpaired) electrons. The van der Waals surface area contributed by atoms with Crippen LogP contribution in [-0.4, -0.2) is 36.1 Å². The van der Waals surface area contributed by atoms with Crippen molar-refractivity contribution in [1.29, 1.82) is 5.26 Å². The van der Waals surface area contributed by atoms with E-state index in [0.29, 0.717) is 5.92 Å². The zero-order valence-corrected chi connectivity index (χ0v) is 17.8. The number of nitrogens with zero attached hydrogens (tertiary/aromatic N) is 4. The maximum absolute atomic E-state index is 9.70. The maximum atomic E-state index is 9.70. The van der Waals surface area contributed by atoms with Crippen molar-refractivity contribution >= 4 is 38.7 Å². The van der Waals surface area contributed by atoms with Crippen molar-refractivity contribution in [2.45, 2.75) is 38.0 Å². The van der Waals surface area contributed by atoms with Crippen LogP contribution in [0.4, 0.5) is 17.3 Å². The molecule has 1 saturated heterocycles. The molecular weight excluding hydrogens is 392 g/mol. The summed E-state index contributed by atoms with van der Waals surface area (Å²) in [7, 11) is 0. The summed E-state index contributed by atoms with van der Waals surface area (Å²) >= 11 is 1.58. The van der Waals surface area contributed by atoms with Gasteiger partial charge in [0.15, 0.2) is 0 Å². The molecule has 154 valence electrons. The molecule has 7 heteroatoms. The molecule has 30 heavy (non-hydrogen) atoms. The van der Waals surface area contributed by atoms with Gasteiger partial charge in [-0.2, -0.15) is 5.26 Å². The van der Waals surface area contributed by atoms with E-state index >= 15 is 0 Å². The van der Waals surface area contributed by atoms with Crippen molar-refractivity contribution in [3.8, 4) is 6.07 Å². The second-order valence-electron chi connectivity index (χ2n) is 8.12. The number of aromatic nitrogens is 2. The van der Waals surface area contributed by atoms with Crippen LogP contribution in [0.25, 0.3) is 10.1 Å². The van der Waals surface area contributed by atoms with Crippen LogP contribution < -0.4 is 15.5 Å². The number of nitriles is 1. The van der Waals surface area contributed by atoms with E-state index in [0.717, 1.165) is 53.1 Å². The first-order valence-electron chi connectivity index (χ1n) is 10.8. The maximum Gasteiger partial charge on any atom is 0.131 e. The molecule has 2 N–H and O–H groups in total. The van der Waals surface area contributed by atoms with Crippen molar-refractivity contribution in [2.75, 3.05) is 36.4 Å². The van der Waals surface area contributed by atoms with Crippen LogP contribution in [0.1, 0.15) is 48.5 Å². The molecule has 0 bridgehead atoms. The third kappa shape index (κ3) is 3.85. The van der Waals surface area contributed by atoms with E-state index in [2.05, 4.69) is 49.8 Å². The lowest BCUT2D eigenvalue weighted by atomic mass is 9.83. The number of nitrogens with one attached hydrogen (secondary N) is 2. The second-order valence-corrected chi connectivity index (χ2v) is 9.18. The predicted molar refractivity (Wildman–Crippen MR) is 123 cm³/mol. The molecule has 0 spiro atoms. The Morgan fingerprint density at radius 1 is 1.10 bits per heavy atom. The number of hydrogen-bond acceptors (Lipinski definition) is 7. The monoisotopic (exact) mass is 418 g/mol. The summed E-state index contributed by atoms with van der Waals surface area (Å²) in [6.07, 6.45) is 9.97. The van der Waals surface area contributed by atoms with Gasteiger partial charge in [-0.15, -0.1) is 11.3 Å². The third-order valence-electron chi connectivity index (χ3n) is 6.19. The molecule has 0 atom stereocenters. The van der Waals surface area contributed by atoms with Crippen LogP contribution in [0.2, 0.25) is 0 Å². The molecule has 5 rings (SSSR count). The predicted octanol–water partition coefficient (Wildman–Crippen LogP) is 4.76. The Morgan fingerprint density at radius 2 is 1.93 bits per heavy atom. The lowest BCUT2D eigenvalue weighted by Crippen LogP contribution is -2.43. The fraction of sp³-hybridized carbons (Fsp3) is 0.435. The Bertz CT molecular complexity index is 1060. The Balaban J connectivity index is 1.40. The molecule has 1 aliphatic carbocycles. The molecule has 2 aliphatic rings. The molecule has 0 unspecified atom stereocenters. The van der Waals surface area contributed by atoms with Crippen LogP contribution in [0, 0.1) is 11.3 Å². The number of fused-ring (bicyclic) bond motifs is 1. The third-order valence-corrected chi connectivity index (χ3v) is 7.25. The average molecular weight is 419 g/mol. The zero-order chi connectivity index (χ0) is 20.3. The molecule has 3 aromatic heterocycles. The lowest BCUT2D eigenvalue weighted by Gasteiger charge is -2.28. The number of hydrogen-bond donors (Lipinski definition) is 2. The van der Waals surface area contributed by atoms with Gasteiger partial charge < -0.3 is 15.5 Å². The largest absolute Gasteiger partial charge is 0.354 e. The van der Waals surface area contributed by atoms with E-state index in [1.54, 1.807) is 11.3 Å². The van der Waals surface area contributed by atoms with E-state index < -0.39 is 0 Å². The van der Waals surface area contributed by atoms with Crippen molar-refractivity contribution in [1.82, 2.24) is 15.3 Å². The molecule has 0 amide bonds. The van der Waals surface area contributed by atoms with Gasteiger partial charge in [0.25, 0.3) is 0 Å². The van der Waals surface area contributed by atoms with Gasteiger partial charge in [0, 0.05) is 37.8 Å². The second kappa shape index (κ2) is 8.58. The van der Waals surface area contributed by atoms with E-state index in [9.17, 15) is 5.26 Å². The highest BCUT2D eigenvalue weighted by Crippen LogP contribution is 2.42. The fourth-order valence-electron chi connectivity index (χ4n) is 4.66. The minimum absolute atomic E-state index is 0.498. The van der Waals surface area contributed by atoms with E-state index in [-0.39, 0.29) is 0 Å². The molecule has 1 aliphatic heterocycles. The lowest BCUT2D eigenvalue weighted by molar-refractivity contribution is 0.446. The first kappa shape index (κ1) is 19.3. The molecule has 0 aromatic carbocycles. The number of thiophene rings is 1. The number of piperazine rings is 1. The van der Waals surface area contributed by atoms with Gasteiger partial charge in [0.2, 0.25) is 0 Å². The van der Waals surface area contributed by atoms with Crippen molar-refractivity contribution in [2.24, 2.45) is 0 Å². The van der Waals surface area contributed by atoms with Crippen LogP contribution in [0.15, 0.2) is 30.6 Å². The number of anilines is 3. The number of rotatable bonds is 4. The minimum atomic E-state index is 0.498. The summed E-state index contributed by atoms with van der Waals surface area (Å²) < 4.78 is 1.10. The van der Waals surface area contributed by atoms with Crippen LogP contribution >= 0.6 is 11.3 Å². The molecule has 2 fully saturated rings. The summed E-state index contributed by atoms with van der Waals surface area (Å²) in [6, 6.07) is 8.68. The molecule has 1 saturated carbocycles. The van der Waals surface area contributed by atoms with Crippen molar-refractivity contribution in [3.05, 3.63) is 41.0 Å². The highest BCUT2D eigenvalue weighted by molar-refractivity contribution is 7.19. The zero-order valence-electron chi connectivity index (χ0n) is 17.0. The van der Waals surface area contributed by atoms with E-state index in [1.807, 2.05) is 12.4 Å². The SMILES string of the molecule is N#Cc1sc2cnc(Nc3ccc(N4CCNCC4)nc3)cc2c1C1CCCCC1. The van der Waals surface area contributed by atoms with Gasteiger partial charge >= 0.3 is 0 Å². The normalized spacial score (nSPS) is 17.8. The fourth-order valence-corrected chi connectivity index (χ4v) is 5.70. The Labute approximate surface area is 181 Å². The molecular formula is C23H26N6S. The van der Waals surface area contributed by atoms with E-state index in [1.165, 1.54) is 43.1 Å². The molecule has 4 heterocycles. The smallest absolute Gasteiger partial charge is 0.131 e. The topological polar surface area (TPSA) is 76.9 Å². The van der Waals surface area contributed by atoms with E-state index in [4.69, 9.17) is 0 Å². The van der Waals surface area contributed by atoms with Gasteiger partial charge in [-0.25, -0.2) is 9.97 Å². The quantitative estimate of drug-likeness (QED) is 0.636. The first-order valence-corrected chi connectivity index (χ1v) is 11.6. The van der Waals surface area contributed by atoms with Crippen LogP contribution in [-0.2, 0) is 0 Å². The van der Waals surface area contributed by atoms with Gasteiger partial charge in [0.05, 0.1) is 16.6 Å². The standard InChI is InChI=1S/C23H26N6S/c24-13-19-23(16-4-2-1-3-5-16)18-12-21(26-15-20(18)30-19)28-17-6-7-22(27-14-17)29-10-8-25-9-11-29/h6-7,12,14-16,25H,1-5,8-11H2,(H,26,28). The Hall–Kier alpha value is -2.69. The summed E-state index contributed by atoms with van der Waals surface area (Å²) in [4.78, 5) is 12.4.